The predicted molar refractivity (Wildman–Crippen MR) is 79.7 cm³/mol. The van der Waals surface area contributed by atoms with E-state index in [1.165, 1.54) is 0 Å². The highest BCUT2D eigenvalue weighted by Gasteiger charge is 2.31. The van der Waals surface area contributed by atoms with Crippen LogP contribution >= 0.6 is 0 Å². The van der Waals surface area contributed by atoms with Crippen molar-refractivity contribution in [1.82, 2.24) is 9.88 Å². The minimum absolute atomic E-state index is 0.201. The summed E-state index contributed by atoms with van der Waals surface area (Å²) in [4.78, 5) is 6.26. The zero-order valence-corrected chi connectivity index (χ0v) is 12.9. The summed E-state index contributed by atoms with van der Waals surface area (Å²) in [5.41, 5.74) is -0.705. The van der Waals surface area contributed by atoms with Gasteiger partial charge < -0.3 is 15.5 Å². The molecule has 0 aliphatic rings. The molecule has 0 saturated carbocycles. The molecule has 0 aliphatic heterocycles. The van der Waals surface area contributed by atoms with Gasteiger partial charge in [-0.3, -0.25) is 0 Å². The van der Waals surface area contributed by atoms with E-state index in [4.69, 9.17) is 0 Å². The van der Waals surface area contributed by atoms with Gasteiger partial charge in [0.15, 0.2) is 0 Å². The van der Waals surface area contributed by atoms with Crippen LogP contribution in [-0.2, 0) is 6.18 Å². The Labute approximate surface area is 123 Å². The lowest BCUT2D eigenvalue weighted by atomic mass is 10.2. The van der Waals surface area contributed by atoms with E-state index in [1.807, 2.05) is 7.05 Å². The van der Waals surface area contributed by atoms with Crippen molar-refractivity contribution in [3.8, 4) is 0 Å². The summed E-state index contributed by atoms with van der Waals surface area (Å²) in [5.74, 6) is 0.438. The van der Waals surface area contributed by atoms with Crippen LogP contribution in [0.2, 0.25) is 0 Å². The maximum absolute atomic E-state index is 12.8. The summed E-state index contributed by atoms with van der Waals surface area (Å²) in [6.07, 6.45) is -3.54. The summed E-state index contributed by atoms with van der Waals surface area (Å²) in [5, 5.41) is 5.59. The molecule has 0 unspecified atom stereocenters. The Bertz CT molecular complexity index is 446. The van der Waals surface area contributed by atoms with Crippen LogP contribution in [0.15, 0.2) is 12.1 Å². The standard InChI is InChI=1S/C14H23F3N4/c1-10(2)21(4)7-5-6-19-13-9-11(14(15,16)17)8-12(18-3)20-13/h8-10H,5-7H2,1-4H3,(H2,18,19,20). The summed E-state index contributed by atoms with van der Waals surface area (Å²) in [6, 6.07) is 2.48. The van der Waals surface area contributed by atoms with Gasteiger partial charge >= 0.3 is 6.18 Å². The van der Waals surface area contributed by atoms with Crippen molar-refractivity contribution < 1.29 is 13.2 Å². The minimum Gasteiger partial charge on any atom is -0.373 e. The maximum atomic E-state index is 12.8. The normalized spacial score (nSPS) is 12.0. The lowest BCUT2D eigenvalue weighted by Crippen LogP contribution is -2.28. The van der Waals surface area contributed by atoms with Crippen LogP contribution in [0, 0.1) is 0 Å². The van der Waals surface area contributed by atoms with Gasteiger partial charge in [-0.15, -0.1) is 0 Å². The number of nitrogens with zero attached hydrogens (tertiary/aromatic N) is 2. The molecule has 0 atom stereocenters. The second kappa shape index (κ2) is 7.49. The van der Waals surface area contributed by atoms with Gasteiger partial charge in [-0.25, -0.2) is 4.98 Å². The molecule has 4 nitrogen and oxygen atoms in total. The Morgan fingerprint density at radius 3 is 2.38 bits per heavy atom. The predicted octanol–water partition coefficient (Wildman–Crippen LogP) is 3.28. The largest absolute Gasteiger partial charge is 0.416 e. The number of nitrogens with one attached hydrogen (secondary N) is 2. The molecule has 21 heavy (non-hydrogen) atoms. The highest BCUT2D eigenvalue weighted by Crippen LogP contribution is 2.31. The van der Waals surface area contributed by atoms with Gasteiger partial charge in [0.25, 0.3) is 0 Å². The topological polar surface area (TPSA) is 40.2 Å². The first-order valence-corrected chi connectivity index (χ1v) is 6.95. The average molecular weight is 304 g/mol. The van der Waals surface area contributed by atoms with Crippen molar-refractivity contribution in [2.75, 3.05) is 37.8 Å². The highest BCUT2D eigenvalue weighted by molar-refractivity contribution is 5.49. The number of pyridine rings is 1. The van der Waals surface area contributed by atoms with Crippen molar-refractivity contribution >= 4 is 11.6 Å². The fourth-order valence-corrected chi connectivity index (χ4v) is 1.72. The van der Waals surface area contributed by atoms with E-state index < -0.39 is 11.7 Å². The van der Waals surface area contributed by atoms with Gasteiger partial charge in [0.2, 0.25) is 0 Å². The van der Waals surface area contributed by atoms with Crippen LogP contribution in [0.5, 0.6) is 0 Å². The molecular formula is C14H23F3N4. The molecule has 0 saturated heterocycles. The lowest BCUT2D eigenvalue weighted by molar-refractivity contribution is -0.137. The number of hydrogen-bond donors (Lipinski definition) is 2. The molecule has 2 N–H and O–H groups in total. The van der Waals surface area contributed by atoms with Crippen LogP contribution in [-0.4, -0.2) is 43.1 Å². The zero-order valence-electron chi connectivity index (χ0n) is 12.9. The molecule has 0 amide bonds. The number of halogens is 3. The molecule has 1 rings (SSSR count). The molecule has 0 fully saturated rings. The van der Waals surface area contributed by atoms with Gasteiger partial charge in [-0.05, 0) is 46.0 Å². The number of rotatable bonds is 7. The Hall–Kier alpha value is -1.50. The molecule has 0 aliphatic carbocycles. The van der Waals surface area contributed by atoms with Gasteiger partial charge in [0.05, 0.1) is 5.56 Å². The molecular weight excluding hydrogens is 281 g/mol. The summed E-state index contributed by atoms with van der Waals surface area (Å²) in [7, 11) is 3.57. The summed E-state index contributed by atoms with van der Waals surface area (Å²) >= 11 is 0. The molecule has 1 heterocycles. The fourth-order valence-electron chi connectivity index (χ4n) is 1.72. The van der Waals surface area contributed by atoms with E-state index in [2.05, 4.69) is 34.4 Å². The summed E-state index contributed by atoms with van der Waals surface area (Å²) < 4.78 is 38.3. The first kappa shape index (κ1) is 17.6. The second-order valence-electron chi connectivity index (χ2n) is 5.23. The van der Waals surface area contributed by atoms with E-state index >= 15 is 0 Å². The second-order valence-corrected chi connectivity index (χ2v) is 5.23. The van der Waals surface area contributed by atoms with E-state index in [1.54, 1.807) is 7.05 Å². The Morgan fingerprint density at radius 1 is 1.24 bits per heavy atom. The molecule has 0 spiro atoms. The first-order chi connectivity index (χ1) is 9.74. The Kier molecular flexibility index (Phi) is 6.26. The molecule has 120 valence electrons. The number of anilines is 2. The van der Waals surface area contributed by atoms with Crippen LogP contribution < -0.4 is 10.6 Å². The lowest BCUT2D eigenvalue weighted by Gasteiger charge is -2.20. The van der Waals surface area contributed by atoms with Crippen molar-refractivity contribution in [3.63, 3.8) is 0 Å². The monoisotopic (exact) mass is 304 g/mol. The molecule has 1 aromatic heterocycles. The molecule has 0 radical (unpaired) electrons. The van der Waals surface area contributed by atoms with Crippen LogP contribution in [0.4, 0.5) is 24.8 Å². The zero-order chi connectivity index (χ0) is 16.0. The molecule has 7 heteroatoms. The quantitative estimate of drug-likeness (QED) is 0.758. The van der Waals surface area contributed by atoms with E-state index in [0.717, 1.165) is 25.1 Å². The molecule has 0 aromatic carbocycles. The maximum Gasteiger partial charge on any atom is 0.416 e. The third kappa shape index (κ3) is 5.79. The third-order valence-electron chi connectivity index (χ3n) is 3.28. The first-order valence-electron chi connectivity index (χ1n) is 6.95. The third-order valence-corrected chi connectivity index (χ3v) is 3.28. The van der Waals surface area contributed by atoms with Gasteiger partial charge in [0.1, 0.15) is 11.6 Å². The Morgan fingerprint density at radius 2 is 1.86 bits per heavy atom. The van der Waals surface area contributed by atoms with Crippen LogP contribution in [0.1, 0.15) is 25.8 Å². The highest BCUT2D eigenvalue weighted by atomic mass is 19.4. The van der Waals surface area contributed by atoms with E-state index in [-0.39, 0.29) is 11.6 Å². The summed E-state index contributed by atoms with van der Waals surface area (Å²) in [6.45, 7) is 5.65. The number of aromatic nitrogens is 1. The SMILES string of the molecule is CNc1cc(C(F)(F)F)cc(NCCCN(C)C(C)C)n1. The number of hydrogen-bond acceptors (Lipinski definition) is 4. The van der Waals surface area contributed by atoms with Gasteiger partial charge in [0, 0.05) is 19.6 Å². The average Bonchev–Trinajstić information content (AvgIpc) is 2.41. The molecule has 0 bridgehead atoms. The van der Waals surface area contributed by atoms with Crippen molar-refractivity contribution in [3.05, 3.63) is 17.7 Å². The van der Waals surface area contributed by atoms with E-state index in [0.29, 0.717) is 12.6 Å². The van der Waals surface area contributed by atoms with Crippen LogP contribution in [0.25, 0.3) is 0 Å². The van der Waals surface area contributed by atoms with Crippen molar-refractivity contribution in [1.29, 1.82) is 0 Å². The molecule has 1 aromatic rings. The van der Waals surface area contributed by atoms with Crippen molar-refractivity contribution in [2.45, 2.75) is 32.5 Å². The fraction of sp³-hybridized carbons (Fsp3) is 0.643. The van der Waals surface area contributed by atoms with Crippen LogP contribution in [0.3, 0.4) is 0 Å². The minimum atomic E-state index is -4.37. The Balaban J connectivity index is 2.62. The van der Waals surface area contributed by atoms with Gasteiger partial charge in [-0.1, -0.05) is 0 Å². The smallest absolute Gasteiger partial charge is 0.373 e. The van der Waals surface area contributed by atoms with Crippen molar-refractivity contribution in [2.24, 2.45) is 0 Å². The van der Waals surface area contributed by atoms with Gasteiger partial charge in [-0.2, -0.15) is 13.2 Å². The van der Waals surface area contributed by atoms with E-state index in [9.17, 15) is 13.2 Å². The number of alkyl halides is 3.